The van der Waals surface area contributed by atoms with E-state index in [9.17, 15) is 14.0 Å². The van der Waals surface area contributed by atoms with Gasteiger partial charge in [-0.1, -0.05) is 5.16 Å². The maximum atomic E-state index is 13.2. The van der Waals surface area contributed by atoms with Crippen LogP contribution in [-0.4, -0.2) is 53.7 Å². The van der Waals surface area contributed by atoms with Gasteiger partial charge in [-0.15, -0.1) is 0 Å². The molecule has 2 amide bonds. The number of morpholine rings is 1. The number of hydrogen-bond donors (Lipinski definition) is 0. The number of hydrogen-bond acceptors (Lipinski definition) is 5. The lowest BCUT2D eigenvalue weighted by Gasteiger charge is -2.40. The summed E-state index contributed by atoms with van der Waals surface area (Å²) in [6.07, 6.45) is 2.78. The summed E-state index contributed by atoms with van der Waals surface area (Å²) in [6, 6.07) is 7.56. The number of aromatic nitrogens is 1. The molecule has 28 heavy (non-hydrogen) atoms. The Labute approximate surface area is 161 Å². The van der Waals surface area contributed by atoms with Crippen molar-refractivity contribution in [3.63, 3.8) is 0 Å². The summed E-state index contributed by atoms with van der Waals surface area (Å²) < 4.78 is 24.4. The van der Waals surface area contributed by atoms with E-state index in [1.165, 1.54) is 12.1 Å². The van der Waals surface area contributed by atoms with Gasteiger partial charge in [0.15, 0.2) is 5.69 Å². The molecule has 1 aromatic carbocycles. The first kappa shape index (κ1) is 17.4. The van der Waals surface area contributed by atoms with Crippen LogP contribution in [0.5, 0.6) is 0 Å². The van der Waals surface area contributed by atoms with Gasteiger partial charge in [0.25, 0.3) is 11.8 Å². The second kappa shape index (κ2) is 6.41. The second-order valence-electron chi connectivity index (χ2n) is 7.79. The predicted molar refractivity (Wildman–Crippen MR) is 96.4 cm³/mol. The molecule has 146 valence electrons. The molecule has 3 heterocycles. The first-order valence-electron chi connectivity index (χ1n) is 9.49. The van der Waals surface area contributed by atoms with Crippen LogP contribution in [0.4, 0.5) is 10.1 Å². The van der Waals surface area contributed by atoms with Crippen molar-refractivity contribution in [1.82, 2.24) is 10.1 Å². The molecule has 0 N–H and O–H groups in total. The number of anilines is 1. The van der Waals surface area contributed by atoms with Gasteiger partial charge in [0.2, 0.25) is 0 Å². The van der Waals surface area contributed by atoms with E-state index in [1.54, 1.807) is 28.0 Å². The Hall–Kier alpha value is -2.74. The maximum Gasteiger partial charge on any atom is 0.276 e. The number of benzene rings is 1. The van der Waals surface area contributed by atoms with Crippen molar-refractivity contribution in [2.24, 2.45) is 0 Å². The van der Waals surface area contributed by atoms with Crippen molar-refractivity contribution >= 4 is 17.5 Å². The minimum absolute atomic E-state index is 0.0603. The lowest BCUT2D eigenvalue weighted by molar-refractivity contribution is -0.137. The molecule has 2 aliphatic heterocycles. The number of carbonyl (C=O) groups is 2. The third kappa shape index (κ3) is 3.07. The Balaban J connectivity index is 1.31. The first-order valence-corrected chi connectivity index (χ1v) is 9.49. The zero-order valence-corrected chi connectivity index (χ0v) is 15.3. The van der Waals surface area contributed by atoms with Crippen LogP contribution >= 0.6 is 0 Å². The number of nitrogens with zero attached hydrogens (tertiary/aromatic N) is 3. The summed E-state index contributed by atoms with van der Waals surface area (Å²) in [4.78, 5) is 28.5. The van der Waals surface area contributed by atoms with Crippen LogP contribution in [-0.2, 0) is 9.53 Å². The molecule has 1 unspecified atom stereocenters. The fourth-order valence-corrected chi connectivity index (χ4v) is 3.95. The van der Waals surface area contributed by atoms with E-state index in [4.69, 9.17) is 9.26 Å². The Morgan fingerprint density at radius 1 is 1.21 bits per heavy atom. The number of amides is 2. The smallest absolute Gasteiger partial charge is 0.276 e. The molecule has 3 aliphatic rings. The summed E-state index contributed by atoms with van der Waals surface area (Å²) >= 11 is 0. The monoisotopic (exact) mass is 385 g/mol. The van der Waals surface area contributed by atoms with Crippen LogP contribution in [0.15, 0.2) is 34.9 Å². The fraction of sp³-hybridized carbons (Fsp3) is 0.450. The van der Waals surface area contributed by atoms with Crippen molar-refractivity contribution in [2.45, 2.75) is 30.8 Å². The number of ether oxygens (including phenoxy) is 1. The third-order valence-electron chi connectivity index (χ3n) is 5.72. The molecular weight excluding hydrogens is 365 g/mol. The van der Waals surface area contributed by atoms with Gasteiger partial charge in [0.1, 0.15) is 23.8 Å². The van der Waals surface area contributed by atoms with Crippen molar-refractivity contribution in [3.8, 4) is 0 Å². The Bertz CT molecular complexity index is 924. The van der Waals surface area contributed by atoms with E-state index >= 15 is 0 Å². The van der Waals surface area contributed by atoms with Gasteiger partial charge in [-0.05, 0) is 43.5 Å². The number of rotatable bonds is 3. The van der Waals surface area contributed by atoms with Crippen LogP contribution in [0.2, 0.25) is 0 Å². The summed E-state index contributed by atoms with van der Waals surface area (Å²) in [5.74, 6) is 0.471. The normalized spacial score (nSPS) is 25.0. The summed E-state index contributed by atoms with van der Waals surface area (Å²) in [6.45, 7) is 1.17. The topological polar surface area (TPSA) is 75.9 Å². The quantitative estimate of drug-likeness (QED) is 0.811. The van der Waals surface area contributed by atoms with Gasteiger partial charge >= 0.3 is 0 Å². The number of halogens is 1. The first-order chi connectivity index (χ1) is 13.5. The summed E-state index contributed by atoms with van der Waals surface area (Å²) in [7, 11) is 0. The average Bonchev–Trinajstić information content (AvgIpc) is 3.29. The van der Waals surface area contributed by atoms with Gasteiger partial charge in [-0.2, -0.15) is 0 Å². The van der Waals surface area contributed by atoms with Crippen LogP contribution in [0, 0.1) is 5.82 Å². The Morgan fingerprint density at radius 3 is 2.75 bits per heavy atom. The van der Waals surface area contributed by atoms with Gasteiger partial charge in [-0.25, -0.2) is 4.39 Å². The standard InChI is InChI=1S/C20H20FN3O4/c21-14-3-5-15(6-4-14)24-12-20(27-10-18(24)25)7-8-23(11-20)19(26)16-9-17(28-22-16)13-1-2-13/h3-6,9,13H,1-2,7-8,10-12H2. The molecule has 8 heteroatoms. The molecule has 7 nitrogen and oxygen atoms in total. The molecular formula is C20H20FN3O4. The lowest BCUT2D eigenvalue weighted by Crippen LogP contribution is -2.56. The zero-order chi connectivity index (χ0) is 19.3. The minimum atomic E-state index is -0.624. The average molecular weight is 385 g/mol. The van der Waals surface area contributed by atoms with E-state index in [0.29, 0.717) is 43.4 Å². The van der Waals surface area contributed by atoms with Gasteiger partial charge < -0.3 is 19.1 Å². The largest absolute Gasteiger partial charge is 0.361 e. The molecule has 0 radical (unpaired) electrons. The number of carbonyl (C=O) groups excluding carboxylic acids is 2. The van der Waals surface area contributed by atoms with Crippen molar-refractivity contribution < 1.29 is 23.2 Å². The molecule has 3 fully saturated rings. The maximum absolute atomic E-state index is 13.2. The number of likely N-dealkylation sites (tertiary alicyclic amines) is 1. The molecule has 2 aromatic rings. The molecule has 1 atom stereocenters. The molecule has 1 spiro atoms. The molecule has 1 saturated carbocycles. The summed E-state index contributed by atoms with van der Waals surface area (Å²) in [5.41, 5.74) is 0.326. The van der Waals surface area contributed by atoms with Crippen LogP contribution in [0.3, 0.4) is 0 Å². The van der Waals surface area contributed by atoms with E-state index < -0.39 is 5.60 Å². The molecule has 2 saturated heterocycles. The highest BCUT2D eigenvalue weighted by atomic mass is 19.1. The predicted octanol–water partition coefficient (Wildman–Crippen LogP) is 2.34. The lowest BCUT2D eigenvalue weighted by atomic mass is 10.00. The fourth-order valence-electron chi connectivity index (χ4n) is 3.95. The summed E-state index contributed by atoms with van der Waals surface area (Å²) in [5, 5.41) is 3.93. The van der Waals surface area contributed by atoms with E-state index in [2.05, 4.69) is 5.16 Å². The van der Waals surface area contributed by atoms with Crippen LogP contribution in [0.1, 0.15) is 41.4 Å². The van der Waals surface area contributed by atoms with E-state index in [-0.39, 0.29) is 24.2 Å². The Kier molecular flexibility index (Phi) is 3.97. The highest BCUT2D eigenvalue weighted by Crippen LogP contribution is 2.40. The minimum Gasteiger partial charge on any atom is -0.361 e. The van der Waals surface area contributed by atoms with Gasteiger partial charge in [0.05, 0.1) is 13.1 Å². The zero-order valence-electron chi connectivity index (χ0n) is 15.3. The molecule has 1 aromatic heterocycles. The van der Waals surface area contributed by atoms with Crippen LogP contribution < -0.4 is 4.90 Å². The molecule has 0 bridgehead atoms. The van der Waals surface area contributed by atoms with Crippen molar-refractivity contribution in [1.29, 1.82) is 0 Å². The second-order valence-corrected chi connectivity index (χ2v) is 7.79. The van der Waals surface area contributed by atoms with Crippen molar-refractivity contribution in [2.75, 3.05) is 31.1 Å². The highest BCUT2D eigenvalue weighted by molar-refractivity contribution is 5.95. The van der Waals surface area contributed by atoms with Crippen LogP contribution in [0.25, 0.3) is 0 Å². The SMILES string of the molecule is O=C(c1cc(C2CC2)on1)N1CCC2(C1)CN(c1ccc(F)cc1)C(=O)CO2. The van der Waals surface area contributed by atoms with E-state index in [1.807, 2.05) is 0 Å². The Morgan fingerprint density at radius 2 is 2.00 bits per heavy atom. The third-order valence-corrected chi connectivity index (χ3v) is 5.72. The van der Waals surface area contributed by atoms with Crippen molar-refractivity contribution in [3.05, 3.63) is 47.6 Å². The van der Waals surface area contributed by atoms with Gasteiger partial charge in [-0.3, -0.25) is 9.59 Å². The molecule has 1 aliphatic carbocycles. The highest BCUT2D eigenvalue weighted by Gasteiger charge is 2.47. The van der Waals surface area contributed by atoms with Gasteiger partial charge in [0, 0.05) is 24.2 Å². The van der Waals surface area contributed by atoms with E-state index in [0.717, 1.165) is 18.6 Å². The molecule has 5 rings (SSSR count).